The van der Waals surface area contributed by atoms with Crippen molar-refractivity contribution in [3.8, 4) is 44.5 Å². The zero-order valence-corrected chi connectivity index (χ0v) is 33.4. The molecule has 0 aromatic heterocycles. The Hall–Kier alpha value is -8.14. The third kappa shape index (κ3) is 7.89. The molecule has 8 nitrogen and oxygen atoms in total. The maximum absolute atomic E-state index is 11.6. The molecule has 0 unspecified atom stereocenters. The highest BCUT2D eigenvalue weighted by molar-refractivity contribution is 7.19. The van der Waals surface area contributed by atoms with E-state index in [0.717, 1.165) is 65.3 Å². The summed E-state index contributed by atoms with van der Waals surface area (Å²) in [6, 6.07) is 60.7. The summed E-state index contributed by atoms with van der Waals surface area (Å²) < 4.78 is 0. The Morgan fingerprint density at radius 1 is 0.230 bits per heavy atom. The van der Waals surface area contributed by atoms with Crippen molar-refractivity contribution in [1.82, 2.24) is 0 Å². The van der Waals surface area contributed by atoms with E-state index in [9.17, 15) is 39.6 Å². The van der Waals surface area contributed by atoms with Crippen molar-refractivity contribution in [3.63, 3.8) is 0 Å². The number of aromatic carboxylic acids is 4. The van der Waals surface area contributed by atoms with Crippen LogP contribution < -0.4 is 20.7 Å². The highest BCUT2D eigenvalue weighted by Crippen LogP contribution is 2.26. The molecule has 0 radical (unpaired) electrons. The molecular formula is C52H36O8Si. The summed E-state index contributed by atoms with van der Waals surface area (Å²) in [6.07, 6.45) is 0. The first-order chi connectivity index (χ1) is 29.5. The van der Waals surface area contributed by atoms with Crippen LogP contribution in [0.4, 0.5) is 0 Å². The summed E-state index contributed by atoms with van der Waals surface area (Å²) >= 11 is 0. The molecule has 0 heterocycles. The molecule has 61 heavy (non-hydrogen) atoms. The van der Waals surface area contributed by atoms with Crippen LogP contribution in [0.5, 0.6) is 0 Å². The lowest BCUT2D eigenvalue weighted by molar-refractivity contribution is 0.0686. The minimum atomic E-state index is -3.20. The zero-order valence-electron chi connectivity index (χ0n) is 32.4. The van der Waals surface area contributed by atoms with E-state index in [1.54, 1.807) is 97.1 Å². The maximum Gasteiger partial charge on any atom is 0.335 e. The topological polar surface area (TPSA) is 149 Å². The van der Waals surface area contributed by atoms with Gasteiger partial charge in [-0.1, -0.05) is 146 Å². The standard InChI is InChI=1S/C52H36O8Si/c53-49(54)41-9-1-33(2-10-41)37-17-25-45(26-18-37)61(46-27-19-38(20-28-46)34-3-11-42(12-4-34)50(55)56,47-29-21-39(22-30-47)35-5-13-43(14-6-35)51(57)58)48-31-23-40(24-32-48)36-7-15-44(16-8-36)52(59)60/h1-32H,(H,53,54)(H,55,56)(H,57,58)(H,59,60). The minimum Gasteiger partial charge on any atom is -0.478 e. The summed E-state index contributed by atoms with van der Waals surface area (Å²) in [5, 5.41) is 42.2. The van der Waals surface area contributed by atoms with Crippen molar-refractivity contribution in [3.05, 3.63) is 216 Å². The number of hydrogen-bond acceptors (Lipinski definition) is 4. The van der Waals surface area contributed by atoms with Gasteiger partial charge in [-0.15, -0.1) is 0 Å². The van der Waals surface area contributed by atoms with E-state index < -0.39 is 32.0 Å². The predicted octanol–water partition coefficient (Wildman–Crippen LogP) is 8.52. The number of carbonyl (C=O) groups is 4. The Balaban J connectivity index is 1.31. The second kappa shape index (κ2) is 16.6. The molecule has 9 heteroatoms. The monoisotopic (exact) mass is 816 g/mol. The Bertz CT molecular complexity index is 2480. The van der Waals surface area contributed by atoms with Gasteiger partial charge >= 0.3 is 23.9 Å². The number of benzene rings is 8. The summed E-state index contributed by atoms with van der Waals surface area (Å²) in [7, 11) is -3.20. The molecule has 8 aromatic rings. The first-order valence-corrected chi connectivity index (χ1v) is 21.3. The molecule has 0 saturated carbocycles. The molecule has 296 valence electrons. The number of carboxylic acids is 4. The maximum atomic E-state index is 11.6. The summed E-state index contributed by atoms with van der Waals surface area (Å²) in [4.78, 5) is 46.3. The van der Waals surface area contributed by atoms with Gasteiger partial charge in [-0.25, -0.2) is 19.2 Å². The van der Waals surface area contributed by atoms with Gasteiger partial charge in [-0.2, -0.15) is 0 Å². The average molecular weight is 817 g/mol. The number of hydrogen-bond donors (Lipinski definition) is 4. The first kappa shape index (κ1) is 39.7. The molecule has 0 fully saturated rings. The van der Waals surface area contributed by atoms with Gasteiger partial charge in [0.1, 0.15) is 0 Å². The van der Waals surface area contributed by atoms with Crippen molar-refractivity contribution in [1.29, 1.82) is 0 Å². The van der Waals surface area contributed by atoms with Crippen molar-refractivity contribution in [2.45, 2.75) is 0 Å². The molecule has 0 aliphatic rings. The predicted molar refractivity (Wildman–Crippen MR) is 240 cm³/mol. The van der Waals surface area contributed by atoms with Crippen LogP contribution in [0.3, 0.4) is 0 Å². The van der Waals surface area contributed by atoms with Gasteiger partial charge in [-0.3, -0.25) is 0 Å². The molecule has 0 aliphatic heterocycles. The average Bonchev–Trinajstić information content (AvgIpc) is 3.30. The van der Waals surface area contributed by atoms with E-state index in [4.69, 9.17) is 0 Å². The lowest BCUT2D eigenvalue weighted by Crippen LogP contribution is -2.74. The van der Waals surface area contributed by atoms with Crippen LogP contribution in [0.25, 0.3) is 44.5 Å². The van der Waals surface area contributed by atoms with Gasteiger partial charge in [0.2, 0.25) is 0 Å². The van der Waals surface area contributed by atoms with E-state index in [-0.39, 0.29) is 22.3 Å². The molecule has 8 aromatic carbocycles. The molecular weight excluding hydrogens is 781 g/mol. The van der Waals surface area contributed by atoms with E-state index in [1.807, 2.05) is 0 Å². The van der Waals surface area contributed by atoms with E-state index in [1.165, 1.54) is 0 Å². The lowest BCUT2D eigenvalue weighted by Gasteiger charge is -2.35. The zero-order chi connectivity index (χ0) is 42.7. The van der Waals surface area contributed by atoms with Gasteiger partial charge in [0.25, 0.3) is 0 Å². The van der Waals surface area contributed by atoms with Gasteiger partial charge in [-0.05, 0) is 114 Å². The first-order valence-electron chi connectivity index (χ1n) is 19.3. The van der Waals surface area contributed by atoms with E-state index >= 15 is 0 Å². The molecule has 0 spiro atoms. The molecule has 0 aliphatic carbocycles. The SMILES string of the molecule is O=C(O)c1ccc(-c2ccc([Si](c3ccc(-c4ccc(C(=O)O)cc4)cc3)(c3ccc(-c4ccc(C(=O)O)cc4)cc3)c3ccc(-c4ccc(C(=O)O)cc4)cc3)cc2)cc1. The molecule has 0 atom stereocenters. The highest BCUT2D eigenvalue weighted by Gasteiger charge is 2.41. The van der Waals surface area contributed by atoms with Crippen LogP contribution in [0, 0.1) is 0 Å². The molecule has 0 saturated heterocycles. The van der Waals surface area contributed by atoms with E-state index in [2.05, 4.69) is 97.1 Å². The third-order valence-corrected chi connectivity index (χ3v) is 15.9. The molecule has 8 rings (SSSR count). The molecule has 0 amide bonds. The van der Waals surface area contributed by atoms with Gasteiger partial charge in [0.05, 0.1) is 22.3 Å². The van der Waals surface area contributed by atoms with Crippen molar-refractivity contribution in [2.75, 3.05) is 0 Å². The van der Waals surface area contributed by atoms with Crippen LogP contribution in [-0.2, 0) is 0 Å². The lowest BCUT2D eigenvalue weighted by atomic mass is 10.0. The molecule has 0 bridgehead atoms. The number of carboxylic acid groups (broad SMARTS) is 4. The quantitative estimate of drug-likeness (QED) is 0.0709. The molecule has 4 N–H and O–H groups in total. The Morgan fingerprint density at radius 3 is 0.492 bits per heavy atom. The number of rotatable bonds is 12. The van der Waals surface area contributed by atoms with Gasteiger partial charge in [0, 0.05) is 0 Å². The van der Waals surface area contributed by atoms with Crippen molar-refractivity contribution in [2.24, 2.45) is 0 Å². The Kier molecular flexibility index (Phi) is 10.8. The van der Waals surface area contributed by atoms with Crippen LogP contribution in [0.15, 0.2) is 194 Å². The smallest absolute Gasteiger partial charge is 0.335 e. The summed E-state index contributed by atoms with van der Waals surface area (Å²) in [6.45, 7) is 0. The van der Waals surface area contributed by atoms with E-state index in [0.29, 0.717) is 0 Å². The second-order valence-electron chi connectivity index (χ2n) is 14.6. The van der Waals surface area contributed by atoms with Crippen LogP contribution in [-0.4, -0.2) is 52.4 Å². The second-order valence-corrected chi connectivity index (χ2v) is 18.4. The van der Waals surface area contributed by atoms with Gasteiger partial charge < -0.3 is 20.4 Å². The van der Waals surface area contributed by atoms with Crippen molar-refractivity contribution >= 4 is 52.7 Å². The van der Waals surface area contributed by atoms with Crippen LogP contribution >= 0.6 is 0 Å². The fourth-order valence-electron chi connectivity index (χ4n) is 7.87. The summed E-state index contributed by atoms with van der Waals surface area (Å²) in [5.74, 6) is -3.97. The Labute approximate surface area is 351 Å². The van der Waals surface area contributed by atoms with Gasteiger partial charge in [0.15, 0.2) is 8.07 Å². The fourth-order valence-corrected chi connectivity index (χ4v) is 12.5. The minimum absolute atomic E-state index is 0.204. The fraction of sp³-hybridized carbons (Fsp3) is 0. The van der Waals surface area contributed by atoms with Crippen molar-refractivity contribution < 1.29 is 39.6 Å². The summed E-state index contributed by atoms with van der Waals surface area (Å²) in [5.41, 5.74) is 7.99. The normalized spacial score (nSPS) is 11.1. The highest BCUT2D eigenvalue weighted by atomic mass is 28.3. The largest absolute Gasteiger partial charge is 0.478 e. The Morgan fingerprint density at radius 2 is 0.361 bits per heavy atom. The third-order valence-electron chi connectivity index (χ3n) is 11.1. The van der Waals surface area contributed by atoms with Crippen LogP contribution in [0.1, 0.15) is 41.4 Å². The van der Waals surface area contributed by atoms with Crippen LogP contribution in [0.2, 0.25) is 0 Å².